The molecule has 2 N–H and O–H groups in total. The van der Waals surface area contributed by atoms with Crippen molar-refractivity contribution in [3.8, 4) is 11.5 Å². The monoisotopic (exact) mass is 473 g/mol. The average molecular weight is 474 g/mol. The zero-order valence-electron chi connectivity index (χ0n) is 18.6. The van der Waals surface area contributed by atoms with E-state index in [0.29, 0.717) is 45.8 Å². The second kappa shape index (κ2) is 8.36. The second-order valence-corrected chi connectivity index (χ2v) is 9.71. The number of anilines is 1. The Morgan fingerprint density at radius 3 is 2.74 bits per heavy atom. The molecule has 3 aliphatic rings. The molecule has 172 valence electrons. The van der Waals surface area contributed by atoms with Gasteiger partial charge in [-0.1, -0.05) is 47.7 Å². The summed E-state index contributed by atoms with van der Waals surface area (Å²) in [7, 11) is 0. The van der Waals surface area contributed by atoms with Gasteiger partial charge < -0.3 is 19.8 Å². The SMILES string of the molecule is Cc1ccc(CSc2nc3c(c(=O)[nH]2)[C@H](c2ccc4c(c2)OCO4)C2=C(CCCC2=O)N3)cc1. The number of aromatic nitrogens is 2. The first-order chi connectivity index (χ1) is 16.6. The summed E-state index contributed by atoms with van der Waals surface area (Å²) in [5, 5.41) is 3.88. The standard InChI is InChI=1S/C26H23N3O4S/c1-14-5-7-15(8-6-14)12-34-26-28-24-23(25(31)29-26)21(22-17(27-24)3-2-4-18(22)30)16-9-10-19-20(11-16)33-13-32-19/h5-11,21H,2-4,12-13H2,1H3,(H2,27,28,29,31)/t21-/m1/s1. The lowest BCUT2D eigenvalue weighted by atomic mass is 9.76. The van der Waals surface area contributed by atoms with E-state index in [1.807, 2.05) is 18.2 Å². The zero-order chi connectivity index (χ0) is 23.2. The predicted molar refractivity (Wildman–Crippen MR) is 130 cm³/mol. The number of aryl methyl sites for hydroxylation is 1. The molecule has 34 heavy (non-hydrogen) atoms. The van der Waals surface area contributed by atoms with E-state index in [-0.39, 0.29) is 18.1 Å². The summed E-state index contributed by atoms with van der Waals surface area (Å²) >= 11 is 1.48. The van der Waals surface area contributed by atoms with Crippen LogP contribution in [-0.2, 0) is 10.5 Å². The van der Waals surface area contributed by atoms with Gasteiger partial charge in [0.1, 0.15) is 5.82 Å². The van der Waals surface area contributed by atoms with Crippen LogP contribution in [0.1, 0.15) is 47.4 Å². The van der Waals surface area contributed by atoms with Gasteiger partial charge in [-0.25, -0.2) is 4.98 Å². The zero-order valence-corrected chi connectivity index (χ0v) is 19.5. The van der Waals surface area contributed by atoms with Crippen LogP contribution in [0.4, 0.5) is 5.82 Å². The number of aromatic amines is 1. The Bertz CT molecular complexity index is 1390. The third kappa shape index (κ3) is 3.68. The first-order valence-corrected chi connectivity index (χ1v) is 12.3. The maximum atomic E-state index is 13.4. The summed E-state index contributed by atoms with van der Waals surface area (Å²) in [5.74, 6) is 2.07. The number of hydrogen-bond acceptors (Lipinski definition) is 7. The van der Waals surface area contributed by atoms with Gasteiger partial charge in [0.05, 0.1) is 5.56 Å². The number of rotatable bonds is 4. The second-order valence-electron chi connectivity index (χ2n) is 8.75. The quantitative estimate of drug-likeness (QED) is 0.420. The maximum absolute atomic E-state index is 13.4. The number of hydrogen-bond donors (Lipinski definition) is 2. The van der Waals surface area contributed by atoms with Crippen LogP contribution in [0, 0.1) is 6.92 Å². The van der Waals surface area contributed by atoms with Crippen LogP contribution in [-0.4, -0.2) is 22.5 Å². The third-order valence-electron chi connectivity index (χ3n) is 6.46. The number of Topliss-reactive ketones (excluding diaryl/α,β-unsaturated/α-hetero) is 1. The molecular formula is C26H23N3O4S. The van der Waals surface area contributed by atoms with E-state index < -0.39 is 5.92 Å². The molecule has 8 heteroatoms. The Labute approximate surface area is 200 Å². The van der Waals surface area contributed by atoms with E-state index in [1.54, 1.807) is 0 Å². The lowest BCUT2D eigenvalue weighted by Gasteiger charge is -2.32. The molecule has 0 amide bonds. The smallest absolute Gasteiger partial charge is 0.257 e. The number of fused-ring (bicyclic) bond motifs is 2. The van der Waals surface area contributed by atoms with Gasteiger partial charge >= 0.3 is 0 Å². The molecule has 1 atom stereocenters. The van der Waals surface area contributed by atoms with Crippen molar-refractivity contribution in [3.63, 3.8) is 0 Å². The van der Waals surface area contributed by atoms with E-state index in [2.05, 4.69) is 41.5 Å². The minimum atomic E-state index is -0.499. The highest BCUT2D eigenvalue weighted by atomic mass is 32.2. The molecule has 0 radical (unpaired) electrons. The Balaban J connectivity index is 1.41. The number of ether oxygens (including phenoxy) is 2. The van der Waals surface area contributed by atoms with Crippen molar-refractivity contribution in [2.45, 2.75) is 43.0 Å². The summed E-state index contributed by atoms with van der Waals surface area (Å²) in [4.78, 5) is 34.1. The van der Waals surface area contributed by atoms with Crippen molar-refractivity contribution in [3.05, 3.63) is 86.3 Å². The number of H-pyrrole nitrogens is 1. The number of nitrogens with zero attached hydrogens (tertiary/aromatic N) is 1. The third-order valence-corrected chi connectivity index (χ3v) is 7.41. The first kappa shape index (κ1) is 21.0. The highest BCUT2D eigenvalue weighted by Crippen LogP contribution is 2.45. The van der Waals surface area contributed by atoms with Gasteiger partial charge in [0.15, 0.2) is 22.4 Å². The molecule has 1 aliphatic carbocycles. The van der Waals surface area contributed by atoms with Crippen LogP contribution in [0.5, 0.6) is 11.5 Å². The molecule has 2 aromatic carbocycles. The fourth-order valence-corrected chi connectivity index (χ4v) is 5.59. The Morgan fingerprint density at radius 1 is 1.06 bits per heavy atom. The minimum absolute atomic E-state index is 0.0688. The number of carbonyl (C=O) groups excluding carboxylic acids is 1. The predicted octanol–water partition coefficient (Wildman–Crippen LogP) is 4.66. The van der Waals surface area contributed by atoms with Gasteiger partial charge in [0.25, 0.3) is 5.56 Å². The summed E-state index contributed by atoms with van der Waals surface area (Å²) in [5.41, 5.74) is 4.93. The summed E-state index contributed by atoms with van der Waals surface area (Å²) in [6.07, 6.45) is 2.01. The molecule has 0 bridgehead atoms. The maximum Gasteiger partial charge on any atom is 0.257 e. The van der Waals surface area contributed by atoms with Gasteiger partial charge in [0.2, 0.25) is 6.79 Å². The highest BCUT2D eigenvalue weighted by molar-refractivity contribution is 7.98. The van der Waals surface area contributed by atoms with Crippen molar-refractivity contribution in [2.75, 3.05) is 12.1 Å². The molecule has 0 saturated carbocycles. The molecule has 2 aliphatic heterocycles. The van der Waals surface area contributed by atoms with E-state index in [1.165, 1.54) is 17.3 Å². The lowest BCUT2D eigenvalue weighted by Crippen LogP contribution is -2.32. The molecule has 0 fully saturated rings. The van der Waals surface area contributed by atoms with E-state index in [9.17, 15) is 9.59 Å². The van der Waals surface area contributed by atoms with Crippen molar-refractivity contribution < 1.29 is 14.3 Å². The Morgan fingerprint density at radius 2 is 1.88 bits per heavy atom. The van der Waals surface area contributed by atoms with Crippen LogP contribution in [0.3, 0.4) is 0 Å². The molecule has 3 heterocycles. The Kier molecular flexibility index (Phi) is 5.17. The summed E-state index contributed by atoms with van der Waals surface area (Å²) in [6, 6.07) is 13.9. The van der Waals surface area contributed by atoms with Gasteiger partial charge in [-0.2, -0.15) is 0 Å². The van der Waals surface area contributed by atoms with Crippen molar-refractivity contribution in [2.24, 2.45) is 0 Å². The number of nitrogens with one attached hydrogen (secondary N) is 2. The van der Waals surface area contributed by atoms with E-state index in [4.69, 9.17) is 14.5 Å². The van der Waals surface area contributed by atoms with Gasteiger partial charge in [-0.15, -0.1) is 0 Å². The van der Waals surface area contributed by atoms with Crippen molar-refractivity contribution >= 4 is 23.4 Å². The van der Waals surface area contributed by atoms with Crippen LogP contribution in [0.2, 0.25) is 0 Å². The molecular weight excluding hydrogens is 450 g/mol. The van der Waals surface area contributed by atoms with Gasteiger partial charge in [-0.3, -0.25) is 9.59 Å². The van der Waals surface area contributed by atoms with Crippen molar-refractivity contribution in [1.29, 1.82) is 0 Å². The number of benzene rings is 2. The highest BCUT2D eigenvalue weighted by Gasteiger charge is 2.38. The number of carbonyl (C=O) groups is 1. The molecule has 0 unspecified atom stereocenters. The summed E-state index contributed by atoms with van der Waals surface area (Å²) < 4.78 is 11.0. The minimum Gasteiger partial charge on any atom is -0.454 e. The average Bonchev–Trinajstić information content (AvgIpc) is 3.30. The van der Waals surface area contributed by atoms with Gasteiger partial charge in [-0.05, 0) is 43.0 Å². The van der Waals surface area contributed by atoms with Crippen LogP contribution in [0.15, 0.2) is 63.7 Å². The van der Waals surface area contributed by atoms with E-state index >= 15 is 0 Å². The molecule has 7 nitrogen and oxygen atoms in total. The fourth-order valence-electron chi connectivity index (χ4n) is 4.77. The normalized spacial score (nSPS) is 18.4. The lowest BCUT2D eigenvalue weighted by molar-refractivity contribution is -0.116. The fraction of sp³-hybridized carbons (Fsp3) is 0.269. The number of allylic oxidation sites excluding steroid dienone is 2. The Hall–Kier alpha value is -3.52. The largest absolute Gasteiger partial charge is 0.454 e. The molecule has 6 rings (SSSR count). The summed E-state index contributed by atoms with van der Waals surface area (Å²) in [6.45, 7) is 2.22. The molecule has 0 saturated heterocycles. The van der Waals surface area contributed by atoms with Crippen LogP contribution >= 0.6 is 11.8 Å². The molecule has 3 aromatic rings. The van der Waals surface area contributed by atoms with Crippen LogP contribution in [0.25, 0.3) is 0 Å². The molecule has 1 aromatic heterocycles. The van der Waals surface area contributed by atoms with Crippen molar-refractivity contribution in [1.82, 2.24) is 9.97 Å². The van der Waals surface area contributed by atoms with Crippen LogP contribution < -0.4 is 20.3 Å². The number of ketones is 1. The molecule has 0 spiro atoms. The van der Waals surface area contributed by atoms with E-state index in [0.717, 1.165) is 29.7 Å². The topological polar surface area (TPSA) is 93.3 Å². The number of thioether (sulfide) groups is 1. The first-order valence-electron chi connectivity index (χ1n) is 11.3. The van der Waals surface area contributed by atoms with Gasteiger partial charge in [0, 0.05) is 29.4 Å².